The van der Waals surface area contributed by atoms with Gasteiger partial charge in [-0.1, -0.05) is 16.8 Å². The van der Waals surface area contributed by atoms with E-state index in [1.54, 1.807) is 26.4 Å². The van der Waals surface area contributed by atoms with Gasteiger partial charge in [-0.15, -0.1) is 12.4 Å². The molecule has 0 aliphatic heterocycles. The zero-order chi connectivity index (χ0) is 15.7. The zero-order valence-corrected chi connectivity index (χ0v) is 14.5. The number of nitrogens with two attached hydrogens (primary N) is 1. The number of methoxy groups -OCH3 is 2. The lowest BCUT2D eigenvalue weighted by Crippen LogP contribution is -2.14. The lowest BCUT2D eigenvalue weighted by Gasteiger charge is -2.10. The number of hydrogen-bond acceptors (Lipinski definition) is 6. The molecule has 0 spiro atoms. The van der Waals surface area contributed by atoms with Crippen molar-refractivity contribution >= 4 is 24.0 Å². The number of aromatic nitrogens is 2. The number of rotatable bonds is 4. The molecule has 0 amide bonds. The molecule has 1 fully saturated rings. The molecule has 2 aromatic rings. The maximum Gasteiger partial charge on any atom is 0.230 e. The summed E-state index contributed by atoms with van der Waals surface area (Å²) >= 11 is 6.21. The van der Waals surface area contributed by atoms with Crippen LogP contribution in [-0.4, -0.2) is 30.4 Å². The molecule has 3 rings (SSSR count). The van der Waals surface area contributed by atoms with Crippen LogP contribution in [0.25, 0.3) is 11.4 Å². The first-order valence-corrected chi connectivity index (χ1v) is 7.51. The van der Waals surface area contributed by atoms with E-state index in [1.807, 2.05) is 0 Å². The summed E-state index contributed by atoms with van der Waals surface area (Å²) in [5, 5.41) is 4.48. The van der Waals surface area contributed by atoms with Crippen LogP contribution in [-0.2, 0) is 0 Å². The Morgan fingerprint density at radius 3 is 2.65 bits per heavy atom. The third kappa shape index (κ3) is 3.54. The van der Waals surface area contributed by atoms with Crippen molar-refractivity contribution in [2.45, 2.75) is 31.2 Å². The summed E-state index contributed by atoms with van der Waals surface area (Å²) in [6.07, 6.45) is 2.86. The summed E-state index contributed by atoms with van der Waals surface area (Å²) in [5.41, 5.74) is 6.65. The van der Waals surface area contributed by atoms with Crippen LogP contribution in [0.3, 0.4) is 0 Å². The van der Waals surface area contributed by atoms with Crippen LogP contribution in [0.5, 0.6) is 11.5 Å². The molecule has 23 heavy (non-hydrogen) atoms. The number of benzene rings is 1. The van der Waals surface area contributed by atoms with E-state index in [1.165, 1.54) is 0 Å². The van der Waals surface area contributed by atoms with E-state index >= 15 is 0 Å². The molecule has 1 saturated carbocycles. The highest BCUT2D eigenvalue weighted by atomic mass is 35.5. The molecule has 1 aromatic carbocycles. The molecule has 8 heteroatoms. The summed E-state index contributed by atoms with van der Waals surface area (Å²) in [5.74, 6) is 2.37. The van der Waals surface area contributed by atoms with Crippen molar-refractivity contribution in [3.8, 4) is 22.9 Å². The minimum Gasteiger partial charge on any atom is -0.493 e. The molecule has 2 atom stereocenters. The van der Waals surface area contributed by atoms with E-state index in [2.05, 4.69) is 10.1 Å². The Bertz CT molecular complexity index is 678. The highest BCUT2D eigenvalue weighted by Gasteiger charge is 2.28. The van der Waals surface area contributed by atoms with Gasteiger partial charge in [0.1, 0.15) is 0 Å². The van der Waals surface area contributed by atoms with Gasteiger partial charge >= 0.3 is 0 Å². The van der Waals surface area contributed by atoms with Crippen LogP contribution in [0.4, 0.5) is 0 Å². The van der Waals surface area contributed by atoms with E-state index in [4.69, 9.17) is 31.3 Å². The third-order valence-electron chi connectivity index (χ3n) is 3.96. The largest absolute Gasteiger partial charge is 0.493 e. The second-order valence-electron chi connectivity index (χ2n) is 5.42. The Morgan fingerprint density at radius 2 is 2.04 bits per heavy atom. The Balaban J connectivity index is 0.00000192. The van der Waals surface area contributed by atoms with Gasteiger partial charge in [0.05, 0.1) is 19.2 Å². The van der Waals surface area contributed by atoms with Crippen LogP contribution in [0.1, 0.15) is 31.1 Å². The summed E-state index contributed by atoms with van der Waals surface area (Å²) < 4.78 is 15.9. The lowest BCUT2D eigenvalue weighted by molar-refractivity contribution is 0.352. The average molecular weight is 360 g/mol. The molecule has 0 saturated heterocycles. The molecule has 1 aromatic heterocycles. The summed E-state index contributed by atoms with van der Waals surface area (Å²) in [7, 11) is 3.10. The maximum absolute atomic E-state index is 6.21. The van der Waals surface area contributed by atoms with E-state index in [-0.39, 0.29) is 24.4 Å². The highest BCUT2D eigenvalue weighted by Crippen LogP contribution is 2.39. The molecule has 0 radical (unpaired) electrons. The van der Waals surface area contributed by atoms with Crippen LogP contribution in [0, 0.1) is 0 Å². The summed E-state index contributed by atoms with van der Waals surface area (Å²) in [4.78, 5) is 4.48. The van der Waals surface area contributed by atoms with Crippen LogP contribution < -0.4 is 15.2 Å². The Morgan fingerprint density at radius 1 is 1.26 bits per heavy atom. The van der Waals surface area contributed by atoms with E-state index < -0.39 is 0 Å². The fraction of sp³-hybridized carbons (Fsp3) is 0.467. The van der Waals surface area contributed by atoms with Crippen molar-refractivity contribution in [2.24, 2.45) is 5.73 Å². The average Bonchev–Trinajstić information content (AvgIpc) is 3.15. The van der Waals surface area contributed by atoms with E-state index in [0.29, 0.717) is 28.2 Å². The predicted octanol–water partition coefficient (Wildman–Crippen LogP) is 3.42. The molecule has 1 heterocycles. The number of ether oxygens (including phenoxy) is 2. The molecule has 1 aliphatic rings. The second kappa shape index (κ2) is 7.38. The standard InChI is InChI=1S/C15H18ClN3O3.ClH/c1-20-12-7-9(6-11(16)13(12)21-2)14-18-15(22-19-14)8-3-4-10(17)5-8;/h6-8,10H,3-5,17H2,1-2H3;1H. The van der Waals surface area contributed by atoms with Crippen LogP contribution >= 0.6 is 24.0 Å². The first-order chi connectivity index (χ1) is 10.6. The van der Waals surface area contributed by atoms with Gasteiger partial charge in [-0.3, -0.25) is 0 Å². The van der Waals surface area contributed by atoms with E-state index in [9.17, 15) is 0 Å². The van der Waals surface area contributed by atoms with Crippen molar-refractivity contribution in [1.29, 1.82) is 0 Å². The topological polar surface area (TPSA) is 83.4 Å². The molecule has 2 unspecified atom stereocenters. The normalized spacial score (nSPS) is 20.2. The van der Waals surface area contributed by atoms with Crippen molar-refractivity contribution in [1.82, 2.24) is 10.1 Å². The van der Waals surface area contributed by atoms with Gasteiger partial charge in [0.2, 0.25) is 11.7 Å². The van der Waals surface area contributed by atoms with Crippen molar-refractivity contribution < 1.29 is 14.0 Å². The van der Waals surface area contributed by atoms with Gasteiger partial charge in [0.15, 0.2) is 11.5 Å². The predicted molar refractivity (Wildman–Crippen MR) is 89.7 cm³/mol. The zero-order valence-electron chi connectivity index (χ0n) is 12.9. The molecule has 0 bridgehead atoms. The molecular formula is C15H19Cl2N3O3. The fourth-order valence-electron chi connectivity index (χ4n) is 2.81. The first kappa shape index (κ1) is 17.8. The van der Waals surface area contributed by atoms with Gasteiger partial charge in [0.25, 0.3) is 0 Å². The molecule has 1 aliphatic carbocycles. The van der Waals surface area contributed by atoms with Crippen molar-refractivity contribution in [3.63, 3.8) is 0 Å². The minimum atomic E-state index is 0. The summed E-state index contributed by atoms with van der Waals surface area (Å²) in [6.45, 7) is 0. The van der Waals surface area contributed by atoms with Gasteiger partial charge in [0, 0.05) is 17.5 Å². The smallest absolute Gasteiger partial charge is 0.230 e. The lowest BCUT2D eigenvalue weighted by atomic mass is 10.1. The number of halogens is 2. The Labute approximate surface area is 145 Å². The second-order valence-corrected chi connectivity index (χ2v) is 5.83. The third-order valence-corrected chi connectivity index (χ3v) is 4.24. The van der Waals surface area contributed by atoms with Crippen LogP contribution in [0.2, 0.25) is 5.02 Å². The SMILES string of the molecule is COc1cc(-c2noc(C3CCC(N)C3)n2)cc(Cl)c1OC.Cl. The summed E-state index contributed by atoms with van der Waals surface area (Å²) in [6, 6.07) is 3.73. The van der Waals surface area contributed by atoms with Gasteiger partial charge < -0.3 is 19.7 Å². The van der Waals surface area contributed by atoms with Crippen molar-refractivity contribution in [3.05, 3.63) is 23.0 Å². The number of nitrogens with zero attached hydrogens (tertiary/aromatic N) is 2. The molecule has 2 N–H and O–H groups in total. The quantitative estimate of drug-likeness (QED) is 0.900. The first-order valence-electron chi connectivity index (χ1n) is 7.13. The Kier molecular flexibility index (Phi) is 5.73. The highest BCUT2D eigenvalue weighted by molar-refractivity contribution is 6.32. The maximum atomic E-state index is 6.21. The fourth-order valence-corrected chi connectivity index (χ4v) is 3.09. The van der Waals surface area contributed by atoms with Gasteiger partial charge in [-0.2, -0.15) is 4.98 Å². The van der Waals surface area contributed by atoms with Crippen LogP contribution in [0.15, 0.2) is 16.7 Å². The molecule has 6 nitrogen and oxygen atoms in total. The van der Waals surface area contributed by atoms with Crippen molar-refractivity contribution in [2.75, 3.05) is 14.2 Å². The van der Waals surface area contributed by atoms with Gasteiger partial charge in [-0.05, 0) is 31.4 Å². The number of hydrogen-bond donors (Lipinski definition) is 1. The molecule has 126 valence electrons. The Hall–Kier alpha value is -1.50. The molecular weight excluding hydrogens is 341 g/mol. The van der Waals surface area contributed by atoms with Gasteiger partial charge in [-0.25, -0.2) is 0 Å². The van der Waals surface area contributed by atoms with E-state index in [0.717, 1.165) is 24.8 Å². The monoisotopic (exact) mass is 359 g/mol. The minimum absolute atomic E-state index is 0.